The lowest BCUT2D eigenvalue weighted by Gasteiger charge is -2.10. The van der Waals surface area contributed by atoms with Crippen molar-refractivity contribution in [3.63, 3.8) is 0 Å². The van der Waals surface area contributed by atoms with E-state index in [1.807, 2.05) is 6.92 Å². The van der Waals surface area contributed by atoms with Crippen LogP contribution in [0, 0.1) is 0 Å². The summed E-state index contributed by atoms with van der Waals surface area (Å²) in [5, 5.41) is 3.98. The lowest BCUT2D eigenvalue weighted by atomic mass is 10.1. The molecule has 0 aliphatic heterocycles. The van der Waals surface area contributed by atoms with Crippen molar-refractivity contribution >= 4 is 15.7 Å². The van der Waals surface area contributed by atoms with Gasteiger partial charge in [-0.2, -0.15) is 18.4 Å². The van der Waals surface area contributed by atoms with Crippen molar-refractivity contribution in [1.29, 1.82) is 0 Å². The van der Waals surface area contributed by atoms with Gasteiger partial charge in [-0.3, -0.25) is 0 Å². The number of hydrogen-bond acceptors (Lipinski definition) is 6. The van der Waals surface area contributed by atoms with Crippen molar-refractivity contribution < 1.29 is 22.6 Å². The van der Waals surface area contributed by atoms with Crippen LogP contribution >= 0.6 is 0 Å². The fourth-order valence-corrected chi connectivity index (χ4v) is 3.05. The van der Waals surface area contributed by atoms with Gasteiger partial charge in [-0.25, -0.2) is 0 Å². The molecular formula is C18H22N2O5S. The minimum atomic E-state index is -3.77. The minimum Gasteiger partial charge on any atom is -0.494 e. The topological polar surface area (TPSA) is 86.2 Å². The molecule has 0 aromatic heterocycles. The van der Waals surface area contributed by atoms with E-state index < -0.39 is 10.0 Å². The van der Waals surface area contributed by atoms with Crippen LogP contribution in [-0.4, -0.2) is 35.0 Å². The van der Waals surface area contributed by atoms with Crippen molar-refractivity contribution in [2.45, 2.75) is 18.7 Å². The molecule has 0 amide bonds. The standard InChI is InChI=1S/C18H22N2O5S/c1-5-25-15-7-9-16(10-8-15)26(21,22)20-19-13(2)14-6-11-17(23-3)18(12-14)24-4/h6-12,20H,5H2,1-4H3/b19-13-. The molecule has 26 heavy (non-hydrogen) atoms. The second kappa shape index (κ2) is 8.57. The van der Waals surface area contributed by atoms with E-state index in [1.165, 1.54) is 19.2 Å². The van der Waals surface area contributed by atoms with E-state index in [2.05, 4.69) is 9.93 Å². The molecule has 0 fully saturated rings. The molecule has 0 aliphatic carbocycles. The van der Waals surface area contributed by atoms with Gasteiger partial charge in [0.2, 0.25) is 0 Å². The Morgan fingerprint density at radius 2 is 1.69 bits per heavy atom. The van der Waals surface area contributed by atoms with Crippen LogP contribution in [0.1, 0.15) is 19.4 Å². The van der Waals surface area contributed by atoms with Crippen LogP contribution in [0.4, 0.5) is 0 Å². The summed E-state index contributed by atoms with van der Waals surface area (Å²) >= 11 is 0. The van der Waals surface area contributed by atoms with E-state index in [9.17, 15) is 8.42 Å². The molecule has 1 N–H and O–H groups in total. The zero-order valence-corrected chi connectivity index (χ0v) is 16.0. The maximum Gasteiger partial charge on any atom is 0.276 e. The average Bonchev–Trinajstić information content (AvgIpc) is 2.66. The molecule has 0 radical (unpaired) electrons. The van der Waals surface area contributed by atoms with Crippen LogP contribution in [0.2, 0.25) is 0 Å². The Kier molecular flexibility index (Phi) is 6.46. The molecule has 8 heteroatoms. The highest BCUT2D eigenvalue weighted by molar-refractivity contribution is 7.89. The van der Waals surface area contributed by atoms with Gasteiger partial charge in [0.15, 0.2) is 11.5 Å². The summed E-state index contributed by atoms with van der Waals surface area (Å²) in [6.45, 7) is 4.07. The van der Waals surface area contributed by atoms with E-state index in [0.29, 0.717) is 35.1 Å². The Labute approximate surface area is 153 Å². The van der Waals surface area contributed by atoms with Crippen LogP contribution in [0.15, 0.2) is 52.5 Å². The molecule has 2 aromatic rings. The first-order valence-electron chi connectivity index (χ1n) is 7.92. The zero-order valence-electron chi connectivity index (χ0n) is 15.1. The number of hydrazone groups is 1. The fraction of sp³-hybridized carbons (Fsp3) is 0.278. The second-order valence-corrected chi connectivity index (χ2v) is 6.93. The molecule has 2 aromatic carbocycles. The normalized spacial score (nSPS) is 11.8. The highest BCUT2D eigenvalue weighted by Crippen LogP contribution is 2.27. The molecule has 0 spiro atoms. The predicted octanol–water partition coefficient (Wildman–Crippen LogP) is 2.81. The van der Waals surface area contributed by atoms with Crippen molar-refractivity contribution in [2.75, 3.05) is 20.8 Å². The summed E-state index contributed by atoms with van der Waals surface area (Å²) in [7, 11) is -0.697. The molecule has 0 aliphatic rings. The van der Waals surface area contributed by atoms with E-state index in [0.717, 1.165) is 0 Å². The van der Waals surface area contributed by atoms with Gasteiger partial charge in [0.25, 0.3) is 10.0 Å². The molecule has 0 saturated heterocycles. The van der Waals surface area contributed by atoms with Gasteiger partial charge in [-0.05, 0) is 56.3 Å². The summed E-state index contributed by atoms with van der Waals surface area (Å²) in [6.07, 6.45) is 0. The number of methoxy groups -OCH3 is 2. The largest absolute Gasteiger partial charge is 0.494 e. The third kappa shape index (κ3) is 4.66. The van der Waals surface area contributed by atoms with E-state index in [-0.39, 0.29) is 4.90 Å². The predicted molar refractivity (Wildman–Crippen MR) is 99.7 cm³/mol. The van der Waals surface area contributed by atoms with Gasteiger partial charge in [0.1, 0.15) is 5.75 Å². The third-order valence-corrected chi connectivity index (χ3v) is 4.80. The van der Waals surface area contributed by atoms with E-state index in [1.54, 1.807) is 44.4 Å². The first-order chi connectivity index (χ1) is 12.4. The van der Waals surface area contributed by atoms with Crippen molar-refractivity contribution in [3.8, 4) is 17.2 Å². The van der Waals surface area contributed by atoms with Crippen LogP contribution in [-0.2, 0) is 10.0 Å². The maximum atomic E-state index is 12.4. The number of ether oxygens (including phenoxy) is 3. The van der Waals surface area contributed by atoms with E-state index in [4.69, 9.17) is 14.2 Å². The SMILES string of the molecule is CCOc1ccc(S(=O)(=O)N/N=C(/C)c2ccc(OC)c(OC)c2)cc1. The quantitative estimate of drug-likeness (QED) is 0.564. The van der Waals surface area contributed by atoms with Crippen LogP contribution in [0.5, 0.6) is 17.2 Å². The van der Waals surface area contributed by atoms with Crippen LogP contribution in [0.25, 0.3) is 0 Å². The number of nitrogens with one attached hydrogen (secondary N) is 1. The molecule has 0 heterocycles. The smallest absolute Gasteiger partial charge is 0.276 e. The monoisotopic (exact) mass is 378 g/mol. The number of rotatable bonds is 8. The maximum absolute atomic E-state index is 12.4. The van der Waals surface area contributed by atoms with E-state index >= 15 is 0 Å². The Morgan fingerprint density at radius 1 is 1.04 bits per heavy atom. The molecule has 0 unspecified atom stereocenters. The summed E-state index contributed by atoms with van der Waals surface area (Å²) in [5.41, 5.74) is 1.19. The number of hydrogen-bond donors (Lipinski definition) is 1. The summed E-state index contributed by atoms with van der Waals surface area (Å²) < 4.78 is 40.4. The van der Waals surface area contributed by atoms with Gasteiger partial charge in [-0.15, -0.1) is 0 Å². The Hall–Kier alpha value is -2.74. The molecule has 7 nitrogen and oxygen atoms in total. The second-order valence-electron chi connectivity index (χ2n) is 5.27. The third-order valence-electron chi connectivity index (χ3n) is 3.58. The Morgan fingerprint density at radius 3 is 2.27 bits per heavy atom. The van der Waals surface area contributed by atoms with Crippen LogP contribution in [0.3, 0.4) is 0 Å². The van der Waals surface area contributed by atoms with Crippen molar-refractivity contribution in [2.24, 2.45) is 5.10 Å². The Balaban J connectivity index is 2.19. The van der Waals surface area contributed by atoms with Gasteiger partial charge in [0, 0.05) is 5.56 Å². The molecule has 0 atom stereocenters. The summed E-state index contributed by atoms with van der Waals surface area (Å²) in [6, 6.07) is 11.4. The zero-order chi connectivity index (χ0) is 19.2. The van der Waals surface area contributed by atoms with Gasteiger partial charge < -0.3 is 14.2 Å². The number of sulfonamides is 1. The summed E-state index contributed by atoms with van der Waals surface area (Å²) in [4.78, 5) is 2.34. The van der Waals surface area contributed by atoms with Gasteiger partial charge >= 0.3 is 0 Å². The molecule has 140 valence electrons. The fourth-order valence-electron chi connectivity index (χ4n) is 2.19. The first-order valence-corrected chi connectivity index (χ1v) is 9.41. The highest BCUT2D eigenvalue weighted by Gasteiger charge is 2.14. The lowest BCUT2D eigenvalue weighted by molar-refractivity contribution is 0.340. The van der Waals surface area contributed by atoms with Crippen LogP contribution < -0.4 is 19.0 Å². The first kappa shape index (κ1) is 19.6. The molecular weight excluding hydrogens is 356 g/mol. The number of benzene rings is 2. The van der Waals surface area contributed by atoms with Crippen molar-refractivity contribution in [3.05, 3.63) is 48.0 Å². The van der Waals surface area contributed by atoms with Gasteiger partial charge in [-0.1, -0.05) is 0 Å². The highest BCUT2D eigenvalue weighted by atomic mass is 32.2. The molecule has 0 bridgehead atoms. The average molecular weight is 378 g/mol. The number of nitrogens with zero attached hydrogens (tertiary/aromatic N) is 1. The van der Waals surface area contributed by atoms with Crippen molar-refractivity contribution in [1.82, 2.24) is 4.83 Å². The minimum absolute atomic E-state index is 0.102. The Bertz CT molecular complexity index is 877. The van der Waals surface area contributed by atoms with Gasteiger partial charge in [0.05, 0.1) is 31.4 Å². The lowest BCUT2D eigenvalue weighted by Crippen LogP contribution is -2.20. The summed E-state index contributed by atoms with van der Waals surface area (Å²) in [5.74, 6) is 1.73. The molecule has 2 rings (SSSR count). The molecule has 0 saturated carbocycles.